The van der Waals surface area contributed by atoms with Crippen LogP contribution in [0.1, 0.15) is 49.5 Å². The van der Waals surface area contributed by atoms with Gasteiger partial charge in [0.15, 0.2) is 0 Å². The molecular weight excluding hydrogens is 307 g/mol. The summed E-state index contributed by atoms with van der Waals surface area (Å²) in [6.45, 7) is 0. The Kier molecular flexibility index (Phi) is 5.13. The molecule has 2 N–H and O–H groups in total. The molecular formula is C18H23FN4O. The highest BCUT2D eigenvalue weighted by atomic mass is 19.1. The maximum Gasteiger partial charge on any atom is 0.315 e. The second-order valence-corrected chi connectivity index (χ2v) is 6.33. The van der Waals surface area contributed by atoms with Crippen LogP contribution in [0.5, 0.6) is 0 Å². The largest absolute Gasteiger partial charge is 0.336 e. The molecule has 0 radical (unpaired) electrons. The highest BCUT2D eigenvalue weighted by molar-refractivity contribution is 5.75. The number of aromatic nitrogens is 2. The van der Waals surface area contributed by atoms with Gasteiger partial charge in [-0.05, 0) is 30.5 Å². The minimum atomic E-state index is -0.422. The normalized spacial score (nSPS) is 16.6. The lowest BCUT2D eigenvalue weighted by molar-refractivity contribution is 0.230. The first-order valence-corrected chi connectivity index (χ1v) is 8.43. The van der Waals surface area contributed by atoms with Gasteiger partial charge in [-0.2, -0.15) is 0 Å². The van der Waals surface area contributed by atoms with Crippen LogP contribution in [0.25, 0.3) is 0 Å². The third-order valence-electron chi connectivity index (χ3n) is 4.54. The minimum absolute atomic E-state index is 0.209. The van der Waals surface area contributed by atoms with E-state index in [4.69, 9.17) is 0 Å². The molecule has 0 bridgehead atoms. The zero-order chi connectivity index (χ0) is 16.9. The molecule has 5 nitrogen and oxygen atoms in total. The number of halogens is 1. The molecule has 1 saturated carbocycles. The van der Waals surface area contributed by atoms with Gasteiger partial charge in [-0.3, -0.25) is 0 Å². The fourth-order valence-corrected chi connectivity index (χ4v) is 3.21. The van der Waals surface area contributed by atoms with E-state index in [2.05, 4.69) is 15.6 Å². The second kappa shape index (κ2) is 7.47. The van der Waals surface area contributed by atoms with Crippen LogP contribution in [0.4, 0.5) is 9.18 Å². The van der Waals surface area contributed by atoms with Gasteiger partial charge in [0.1, 0.15) is 17.7 Å². The number of urea groups is 1. The zero-order valence-electron chi connectivity index (χ0n) is 13.8. The molecule has 0 spiro atoms. The predicted octanol–water partition coefficient (Wildman–Crippen LogP) is 3.28. The molecule has 3 rings (SSSR count). The summed E-state index contributed by atoms with van der Waals surface area (Å²) >= 11 is 0. The molecule has 1 fully saturated rings. The van der Waals surface area contributed by atoms with Crippen LogP contribution < -0.4 is 10.6 Å². The molecule has 0 aliphatic heterocycles. The van der Waals surface area contributed by atoms with E-state index in [9.17, 15) is 9.18 Å². The lowest BCUT2D eigenvalue weighted by Crippen LogP contribution is -2.44. The summed E-state index contributed by atoms with van der Waals surface area (Å²) in [6, 6.07) is 5.74. The van der Waals surface area contributed by atoms with Gasteiger partial charge >= 0.3 is 6.03 Å². The number of nitrogens with one attached hydrogen (secondary N) is 2. The van der Waals surface area contributed by atoms with E-state index >= 15 is 0 Å². The average Bonchev–Trinajstić information content (AvgIpc) is 3.00. The highest BCUT2D eigenvalue weighted by Gasteiger charge is 2.22. The van der Waals surface area contributed by atoms with Crippen molar-refractivity contribution in [1.82, 2.24) is 20.2 Å². The molecule has 1 atom stereocenters. The Morgan fingerprint density at radius 2 is 1.96 bits per heavy atom. The second-order valence-electron chi connectivity index (χ2n) is 6.33. The van der Waals surface area contributed by atoms with Crippen molar-refractivity contribution in [2.45, 2.75) is 44.2 Å². The molecule has 2 aromatic rings. The van der Waals surface area contributed by atoms with Crippen molar-refractivity contribution in [2.75, 3.05) is 0 Å². The van der Waals surface area contributed by atoms with Crippen LogP contribution in [-0.4, -0.2) is 21.6 Å². The number of carbonyl (C=O) groups excluding carboxylic acids is 1. The smallest absolute Gasteiger partial charge is 0.315 e. The van der Waals surface area contributed by atoms with E-state index in [0.29, 0.717) is 5.82 Å². The third-order valence-corrected chi connectivity index (χ3v) is 4.54. The van der Waals surface area contributed by atoms with E-state index in [0.717, 1.165) is 31.2 Å². The summed E-state index contributed by atoms with van der Waals surface area (Å²) in [7, 11) is 1.87. The van der Waals surface area contributed by atoms with Crippen LogP contribution in [0, 0.1) is 5.82 Å². The number of imidazole rings is 1. The standard InChI is InChI=1S/C18H23FN4O/c1-23-12-11-20-17(23)16(13-7-9-14(19)10-8-13)22-18(24)21-15-5-3-2-4-6-15/h7-12,15-16H,2-6H2,1H3,(H2,21,22,24). The Labute approximate surface area is 141 Å². The van der Waals surface area contributed by atoms with Crippen LogP contribution in [-0.2, 0) is 7.05 Å². The summed E-state index contributed by atoms with van der Waals surface area (Å²) in [4.78, 5) is 16.8. The molecule has 1 aliphatic carbocycles. The fourth-order valence-electron chi connectivity index (χ4n) is 3.21. The van der Waals surface area contributed by atoms with Gasteiger partial charge < -0.3 is 15.2 Å². The average molecular weight is 330 g/mol. The maximum atomic E-state index is 13.2. The molecule has 6 heteroatoms. The van der Waals surface area contributed by atoms with Crippen molar-refractivity contribution >= 4 is 6.03 Å². The molecule has 1 unspecified atom stereocenters. The number of amides is 2. The van der Waals surface area contributed by atoms with Crippen molar-refractivity contribution in [2.24, 2.45) is 7.05 Å². The number of rotatable bonds is 4. The summed E-state index contributed by atoms with van der Waals surface area (Å²) in [5, 5.41) is 6.04. The Hall–Kier alpha value is -2.37. The number of hydrogen-bond acceptors (Lipinski definition) is 2. The van der Waals surface area contributed by atoms with Gasteiger partial charge in [-0.15, -0.1) is 0 Å². The Balaban J connectivity index is 1.76. The summed E-state index contributed by atoms with van der Waals surface area (Å²) < 4.78 is 15.1. The highest BCUT2D eigenvalue weighted by Crippen LogP contribution is 2.21. The molecule has 1 aliphatic rings. The topological polar surface area (TPSA) is 59.0 Å². The number of hydrogen-bond donors (Lipinski definition) is 2. The monoisotopic (exact) mass is 330 g/mol. The quantitative estimate of drug-likeness (QED) is 0.904. The number of benzene rings is 1. The van der Waals surface area contributed by atoms with Gasteiger partial charge in [0.25, 0.3) is 0 Å². The van der Waals surface area contributed by atoms with Gasteiger partial charge in [-0.25, -0.2) is 14.2 Å². The van der Waals surface area contributed by atoms with Gasteiger partial charge in [0.2, 0.25) is 0 Å². The van der Waals surface area contributed by atoms with Gasteiger partial charge in [-0.1, -0.05) is 31.4 Å². The van der Waals surface area contributed by atoms with Gasteiger partial charge in [0.05, 0.1) is 0 Å². The number of carbonyl (C=O) groups is 1. The zero-order valence-corrected chi connectivity index (χ0v) is 13.8. The predicted molar refractivity (Wildman–Crippen MR) is 90.0 cm³/mol. The van der Waals surface area contributed by atoms with E-state index < -0.39 is 6.04 Å². The first-order valence-electron chi connectivity index (χ1n) is 8.43. The molecule has 1 heterocycles. The van der Waals surface area contributed by atoms with E-state index in [1.54, 1.807) is 18.3 Å². The first-order chi connectivity index (χ1) is 11.6. The minimum Gasteiger partial charge on any atom is -0.336 e. The van der Waals surface area contributed by atoms with Crippen molar-refractivity contribution in [1.29, 1.82) is 0 Å². The Morgan fingerprint density at radius 3 is 2.58 bits per heavy atom. The summed E-state index contributed by atoms with van der Waals surface area (Å²) in [6.07, 6.45) is 9.12. The Bertz CT molecular complexity index is 677. The molecule has 24 heavy (non-hydrogen) atoms. The van der Waals surface area contributed by atoms with E-state index in [-0.39, 0.29) is 17.9 Å². The number of nitrogens with zero attached hydrogens (tertiary/aromatic N) is 2. The lowest BCUT2D eigenvalue weighted by Gasteiger charge is -2.25. The molecule has 0 saturated heterocycles. The van der Waals surface area contributed by atoms with Crippen molar-refractivity contribution in [3.8, 4) is 0 Å². The van der Waals surface area contributed by atoms with E-state index in [1.807, 2.05) is 17.8 Å². The summed E-state index contributed by atoms with van der Waals surface area (Å²) in [5.41, 5.74) is 0.796. The van der Waals surface area contributed by atoms with Crippen molar-refractivity contribution in [3.63, 3.8) is 0 Å². The third kappa shape index (κ3) is 3.93. The van der Waals surface area contributed by atoms with Crippen LogP contribution in [0.15, 0.2) is 36.7 Å². The fraction of sp³-hybridized carbons (Fsp3) is 0.444. The molecule has 2 amide bonds. The van der Waals surface area contributed by atoms with E-state index in [1.165, 1.54) is 18.6 Å². The lowest BCUT2D eigenvalue weighted by atomic mass is 9.96. The SMILES string of the molecule is Cn1ccnc1C(NC(=O)NC1CCCCC1)c1ccc(F)cc1. The Morgan fingerprint density at radius 1 is 1.25 bits per heavy atom. The maximum absolute atomic E-state index is 13.2. The van der Waals surface area contributed by atoms with Crippen molar-refractivity contribution < 1.29 is 9.18 Å². The van der Waals surface area contributed by atoms with Crippen LogP contribution in [0.2, 0.25) is 0 Å². The molecule has 1 aromatic heterocycles. The molecule has 1 aromatic carbocycles. The first kappa shape index (κ1) is 16.5. The van der Waals surface area contributed by atoms with Crippen LogP contribution >= 0.6 is 0 Å². The van der Waals surface area contributed by atoms with Crippen molar-refractivity contribution in [3.05, 3.63) is 53.9 Å². The van der Waals surface area contributed by atoms with Gasteiger partial charge in [0, 0.05) is 25.5 Å². The summed E-state index contributed by atoms with van der Waals surface area (Å²) in [5.74, 6) is 0.407. The van der Waals surface area contributed by atoms with Crippen LogP contribution in [0.3, 0.4) is 0 Å². The number of aryl methyl sites for hydroxylation is 1. The molecule has 128 valence electrons.